The molecule has 0 radical (unpaired) electrons. The summed E-state index contributed by atoms with van der Waals surface area (Å²) >= 11 is 0. The zero-order chi connectivity index (χ0) is 12.4. The molecule has 0 saturated carbocycles. The molecule has 17 heavy (non-hydrogen) atoms. The summed E-state index contributed by atoms with van der Waals surface area (Å²) in [4.78, 5) is 21.8. The van der Waals surface area contributed by atoms with Gasteiger partial charge in [-0.25, -0.2) is 9.97 Å². The smallest absolute Gasteiger partial charge is 0.310 e. The number of methoxy groups -OCH3 is 1. The quantitative estimate of drug-likeness (QED) is 0.744. The van der Waals surface area contributed by atoms with Gasteiger partial charge in [-0.3, -0.25) is 4.79 Å². The Bertz CT molecular complexity index is 406. The van der Waals surface area contributed by atoms with Crippen LogP contribution < -0.4 is 10.6 Å². The fourth-order valence-corrected chi connectivity index (χ4v) is 2.11. The summed E-state index contributed by atoms with van der Waals surface area (Å²) in [7, 11) is 1.42. The van der Waals surface area contributed by atoms with Crippen LogP contribution >= 0.6 is 0 Å². The topological polar surface area (TPSA) is 81.3 Å². The first kappa shape index (κ1) is 11.6. The van der Waals surface area contributed by atoms with E-state index in [1.54, 1.807) is 6.20 Å². The van der Waals surface area contributed by atoms with Gasteiger partial charge >= 0.3 is 5.97 Å². The van der Waals surface area contributed by atoms with Crippen molar-refractivity contribution in [3.05, 3.63) is 12.4 Å². The maximum atomic E-state index is 11.6. The molecule has 1 saturated heterocycles. The van der Waals surface area contributed by atoms with E-state index in [0.29, 0.717) is 12.4 Å². The molecule has 6 heteroatoms. The van der Waals surface area contributed by atoms with Crippen molar-refractivity contribution in [3.63, 3.8) is 0 Å². The summed E-state index contributed by atoms with van der Waals surface area (Å²) in [5.41, 5.74) is 5.48. The highest BCUT2D eigenvalue weighted by Crippen LogP contribution is 2.27. The van der Waals surface area contributed by atoms with Gasteiger partial charge in [-0.05, 0) is 5.92 Å². The number of aromatic nitrogens is 2. The molecular formula is C11H16N4O2. The Labute approximate surface area is 99.8 Å². The number of nitrogens with zero attached hydrogens (tertiary/aromatic N) is 3. The molecule has 0 bridgehead atoms. The number of carbonyl (C=O) groups excluding carboxylic acids is 1. The first-order chi connectivity index (χ1) is 8.11. The molecule has 0 aliphatic carbocycles. The maximum absolute atomic E-state index is 11.6. The molecule has 0 aromatic carbocycles. The van der Waals surface area contributed by atoms with Gasteiger partial charge < -0.3 is 15.4 Å². The van der Waals surface area contributed by atoms with E-state index in [4.69, 9.17) is 10.5 Å². The monoisotopic (exact) mass is 236 g/mol. The Morgan fingerprint density at radius 1 is 1.47 bits per heavy atom. The van der Waals surface area contributed by atoms with E-state index in [1.807, 2.05) is 11.8 Å². The summed E-state index contributed by atoms with van der Waals surface area (Å²) in [5.74, 6) is 1.13. The van der Waals surface area contributed by atoms with Gasteiger partial charge in [0.15, 0.2) is 0 Å². The highest BCUT2D eigenvalue weighted by molar-refractivity contribution is 5.74. The van der Waals surface area contributed by atoms with Gasteiger partial charge in [-0.2, -0.15) is 0 Å². The highest BCUT2D eigenvalue weighted by atomic mass is 16.5. The lowest BCUT2D eigenvalue weighted by atomic mass is 9.99. The fourth-order valence-electron chi connectivity index (χ4n) is 2.11. The lowest BCUT2D eigenvalue weighted by molar-refractivity contribution is -0.145. The molecule has 1 fully saturated rings. The number of nitrogen functional groups attached to an aromatic ring is 1. The number of carbonyl (C=O) groups is 1. The van der Waals surface area contributed by atoms with Crippen molar-refractivity contribution in [1.29, 1.82) is 0 Å². The maximum Gasteiger partial charge on any atom is 0.310 e. The van der Waals surface area contributed by atoms with Gasteiger partial charge in [-0.1, -0.05) is 6.92 Å². The molecule has 2 unspecified atom stereocenters. The molecule has 0 amide bonds. The molecule has 2 N–H and O–H groups in total. The van der Waals surface area contributed by atoms with E-state index in [-0.39, 0.29) is 17.8 Å². The van der Waals surface area contributed by atoms with E-state index in [2.05, 4.69) is 9.97 Å². The lowest BCUT2D eigenvalue weighted by Gasteiger charge is -2.16. The van der Waals surface area contributed by atoms with Crippen molar-refractivity contribution >= 4 is 17.6 Å². The van der Waals surface area contributed by atoms with Crippen LogP contribution in [-0.2, 0) is 9.53 Å². The zero-order valence-corrected chi connectivity index (χ0v) is 9.96. The minimum atomic E-state index is -0.164. The van der Waals surface area contributed by atoms with Crippen molar-refractivity contribution in [3.8, 4) is 0 Å². The predicted molar refractivity (Wildman–Crippen MR) is 63.3 cm³/mol. The number of ether oxygens (including phenoxy) is 1. The second-order valence-electron chi connectivity index (χ2n) is 4.31. The van der Waals surface area contributed by atoms with Crippen LogP contribution in [0.5, 0.6) is 0 Å². The van der Waals surface area contributed by atoms with E-state index < -0.39 is 0 Å². The van der Waals surface area contributed by atoms with Crippen LogP contribution in [0.2, 0.25) is 0 Å². The third kappa shape index (κ3) is 2.30. The SMILES string of the molecule is COC(=O)C1CN(c2cnc(N)cn2)CC1C. The third-order valence-corrected chi connectivity index (χ3v) is 3.10. The van der Waals surface area contributed by atoms with Gasteiger partial charge in [0.05, 0.1) is 25.4 Å². The molecule has 2 rings (SSSR count). The largest absolute Gasteiger partial charge is 0.469 e. The standard InChI is InChI=1S/C11H16N4O2/c1-7-5-15(6-8(7)11(16)17-2)10-4-13-9(12)3-14-10/h3-4,7-8H,5-6H2,1-2H3,(H2,12,13). The van der Waals surface area contributed by atoms with E-state index >= 15 is 0 Å². The van der Waals surface area contributed by atoms with Gasteiger partial charge in [0.2, 0.25) is 0 Å². The summed E-state index contributed by atoms with van der Waals surface area (Å²) < 4.78 is 4.79. The van der Waals surface area contributed by atoms with Crippen molar-refractivity contribution in [2.75, 3.05) is 30.8 Å². The van der Waals surface area contributed by atoms with Crippen LogP contribution in [0.4, 0.5) is 11.6 Å². The Balaban J connectivity index is 2.10. The molecule has 2 atom stereocenters. The fraction of sp³-hybridized carbons (Fsp3) is 0.545. The van der Waals surface area contributed by atoms with Gasteiger partial charge in [0, 0.05) is 13.1 Å². The Kier molecular flexibility index (Phi) is 3.12. The molecule has 92 valence electrons. The highest BCUT2D eigenvalue weighted by Gasteiger charge is 2.36. The zero-order valence-electron chi connectivity index (χ0n) is 9.96. The summed E-state index contributed by atoms with van der Waals surface area (Å²) in [6.07, 6.45) is 3.15. The number of nitrogens with two attached hydrogens (primary N) is 1. The van der Waals surface area contributed by atoms with Crippen molar-refractivity contribution in [2.45, 2.75) is 6.92 Å². The van der Waals surface area contributed by atoms with Gasteiger partial charge in [0.1, 0.15) is 11.6 Å². The van der Waals surface area contributed by atoms with E-state index in [9.17, 15) is 4.79 Å². The number of hydrogen-bond donors (Lipinski definition) is 1. The minimum Gasteiger partial charge on any atom is -0.469 e. The molecule has 1 aromatic heterocycles. The van der Waals surface area contributed by atoms with Gasteiger partial charge in [-0.15, -0.1) is 0 Å². The molecular weight excluding hydrogens is 220 g/mol. The lowest BCUT2D eigenvalue weighted by Crippen LogP contribution is -2.24. The Morgan fingerprint density at radius 2 is 2.24 bits per heavy atom. The summed E-state index contributed by atoms with van der Waals surface area (Å²) in [6.45, 7) is 3.43. The average molecular weight is 236 g/mol. The summed E-state index contributed by atoms with van der Waals surface area (Å²) in [5, 5.41) is 0. The number of anilines is 2. The molecule has 0 spiro atoms. The van der Waals surface area contributed by atoms with Crippen molar-refractivity contribution in [1.82, 2.24) is 9.97 Å². The minimum absolute atomic E-state index is 0.0978. The molecule has 2 heterocycles. The Morgan fingerprint density at radius 3 is 2.82 bits per heavy atom. The third-order valence-electron chi connectivity index (χ3n) is 3.10. The number of rotatable bonds is 2. The first-order valence-corrected chi connectivity index (χ1v) is 5.52. The molecule has 1 aliphatic rings. The summed E-state index contributed by atoms with van der Waals surface area (Å²) in [6, 6.07) is 0. The predicted octanol–water partition coefficient (Wildman–Crippen LogP) is 0.304. The van der Waals surface area contributed by atoms with Crippen LogP contribution in [0.1, 0.15) is 6.92 Å². The second-order valence-corrected chi connectivity index (χ2v) is 4.31. The van der Waals surface area contributed by atoms with Crippen LogP contribution in [-0.4, -0.2) is 36.1 Å². The first-order valence-electron chi connectivity index (χ1n) is 5.52. The van der Waals surface area contributed by atoms with Crippen molar-refractivity contribution in [2.24, 2.45) is 11.8 Å². The number of hydrogen-bond acceptors (Lipinski definition) is 6. The number of esters is 1. The van der Waals surface area contributed by atoms with E-state index in [0.717, 1.165) is 12.4 Å². The Hall–Kier alpha value is -1.85. The normalized spacial score (nSPS) is 23.8. The molecule has 1 aromatic rings. The van der Waals surface area contributed by atoms with Crippen LogP contribution in [0.15, 0.2) is 12.4 Å². The average Bonchev–Trinajstić information content (AvgIpc) is 2.71. The van der Waals surface area contributed by atoms with Gasteiger partial charge in [0.25, 0.3) is 0 Å². The van der Waals surface area contributed by atoms with Crippen LogP contribution in [0, 0.1) is 11.8 Å². The van der Waals surface area contributed by atoms with Crippen LogP contribution in [0.3, 0.4) is 0 Å². The van der Waals surface area contributed by atoms with E-state index in [1.165, 1.54) is 13.3 Å². The molecule has 6 nitrogen and oxygen atoms in total. The van der Waals surface area contributed by atoms with Crippen molar-refractivity contribution < 1.29 is 9.53 Å². The van der Waals surface area contributed by atoms with Crippen LogP contribution in [0.25, 0.3) is 0 Å². The molecule has 1 aliphatic heterocycles. The second kappa shape index (κ2) is 4.57.